The van der Waals surface area contributed by atoms with Gasteiger partial charge >= 0.3 is 0 Å². The SMILES string of the molecule is Nc1cc(F)ccc1-c1nc(CC2CCCO2)no1. The molecule has 0 spiro atoms. The van der Waals surface area contributed by atoms with Crippen LogP contribution in [0.1, 0.15) is 18.7 Å². The van der Waals surface area contributed by atoms with Crippen LogP contribution in [0, 0.1) is 5.82 Å². The number of aromatic nitrogens is 2. The first-order chi connectivity index (χ1) is 9.22. The average Bonchev–Trinajstić information content (AvgIpc) is 3.01. The zero-order chi connectivity index (χ0) is 13.2. The Morgan fingerprint density at radius 1 is 1.42 bits per heavy atom. The van der Waals surface area contributed by atoms with Crippen LogP contribution >= 0.6 is 0 Å². The Kier molecular flexibility index (Phi) is 3.16. The average molecular weight is 263 g/mol. The molecule has 2 heterocycles. The topological polar surface area (TPSA) is 74.2 Å². The molecule has 0 radical (unpaired) electrons. The van der Waals surface area contributed by atoms with Gasteiger partial charge in [-0.05, 0) is 31.0 Å². The molecule has 1 unspecified atom stereocenters. The molecule has 0 saturated carbocycles. The van der Waals surface area contributed by atoms with Crippen molar-refractivity contribution in [3.63, 3.8) is 0 Å². The smallest absolute Gasteiger partial charge is 0.260 e. The third-order valence-corrected chi connectivity index (χ3v) is 3.15. The van der Waals surface area contributed by atoms with Crippen molar-refractivity contribution in [2.45, 2.75) is 25.4 Å². The van der Waals surface area contributed by atoms with Crippen LogP contribution in [0.5, 0.6) is 0 Å². The Balaban J connectivity index is 1.80. The highest BCUT2D eigenvalue weighted by atomic mass is 19.1. The normalized spacial score (nSPS) is 18.9. The molecule has 1 aromatic carbocycles. The number of hydrogen-bond donors (Lipinski definition) is 1. The fraction of sp³-hybridized carbons (Fsp3) is 0.385. The molecule has 5 nitrogen and oxygen atoms in total. The molecular weight excluding hydrogens is 249 g/mol. The van der Waals surface area contributed by atoms with E-state index in [9.17, 15) is 4.39 Å². The summed E-state index contributed by atoms with van der Waals surface area (Å²) in [5.41, 5.74) is 6.57. The Morgan fingerprint density at radius 2 is 2.32 bits per heavy atom. The Bertz CT molecular complexity index is 579. The molecule has 6 heteroatoms. The molecule has 0 amide bonds. The van der Waals surface area contributed by atoms with Gasteiger partial charge in [0.2, 0.25) is 0 Å². The van der Waals surface area contributed by atoms with E-state index in [1.807, 2.05) is 0 Å². The number of nitrogens with zero attached hydrogens (tertiary/aromatic N) is 2. The molecule has 1 aliphatic rings. The first-order valence-corrected chi connectivity index (χ1v) is 6.22. The van der Waals surface area contributed by atoms with Crippen molar-refractivity contribution in [2.75, 3.05) is 12.3 Å². The third-order valence-electron chi connectivity index (χ3n) is 3.15. The first kappa shape index (κ1) is 12.1. The van der Waals surface area contributed by atoms with Crippen LogP contribution in [0.4, 0.5) is 10.1 Å². The van der Waals surface area contributed by atoms with Crippen LogP contribution in [0.2, 0.25) is 0 Å². The van der Waals surface area contributed by atoms with Crippen LogP contribution in [0.3, 0.4) is 0 Å². The van der Waals surface area contributed by atoms with Crippen molar-refractivity contribution in [3.05, 3.63) is 29.8 Å². The fourth-order valence-corrected chi connectivity index (χ4v) is 2.18. The van der Waals surface area contributed by atoms with Crippen molar-refractivity contribution >= 4 is 5.69 Å². The maximum absolute atomic E-state index is 13.0. The van der Waals surface area contributed by atoms with E-state index in [0.717, 1.165) is 19.4 Å². The molecule has 1 aromatic heterocycles. The molecular formula is C13H14FN3O2. The number of nitrogens with two attached hydrogens (primary N) is 1. The quantitative estimate of drug-likeness (QED) is 0.859. The summed E-state index contributed by atoms with van der Waals surface area (Å²) < 4.78 is 23.7. The number of benzene rings is 1. The van der Waals surface area contributed by atoms with E-state index in [2.05, 4.69) is 10.1 Å². The van der Waals surface area contributed by atoms with Gasteiger partial charge in [0.1, 0.15) is 5.82 Å². The number of nitrogen functional groups attached to an aromatic ring is 1. The molecule has 1 aliphatic heterocycles. The molecule has 0 aliphatic carbocycles. The molecule has 2 N–H and O–H groups in total. The lowest BCUT2D eigenvalue weighted by Gasteiger charge is -2.04. The molecule has 19 heavy (non-hydrogen) atoms. The largest absolute Gasteiger partial charge is 0.398 e. The summed E-state index contributed by atoms with van der Waals surface area (Å²) in [6.07, 6.45) is 2.88. The second-order valence-corrected chi connectivity index (χ2v) is 4.59. The number of ether oxygens (including phenoxy) is 1. The lowest BCUT2D eigenvalue weighted by Crippen LogP contribution is -2.09. The first-order valence-electron chi connectivity index (χ1n) is 6.22. The van der Waals surface area contributed by atoms with Crippen molar-refractivity contribution in [3.8, 4) is 11.5 Å². The summed E-state index contributed by atoms with van der Waals surface area (Å²) in [6.45, 7) is 0.792. The molecule has 1 atom stereocenters. The predicted molar refractivity (Wildman–Crippen MR) is 66.8 cm³/mol. The standard InChI is InChI=1S/C13H14FN3O2/c14-8-3-4-10(11(15)6-8)13-16-12(17-19-13)7-9-2-1-5-18-9/h3-4,6,9H,1-2,5,7,15H2. The summed E-state index contributed by atoms with van der Waals surface area (Å²) in [4.78, 5) is 4.27. The van der Waals surface area contributed by atoms with Crippen molar-refractivity contribution < 1.29 is 13.7 Å². The van der Waals surface area contributed by atoms with Gasteiger partial charge in [-0.25, -0.2) is 4.39 Å². The van der Waals surface area contributed by atoms with Crippen molar-refractivity contribution in [2.24, 2.45) is 0 Å². The second-order valence-electron chi connectivity index (χ2n) is 4.59. The van der Waals surface area contributed by atoms with Crippen LogP contribution < -0.4 is 5.73 Å². The molecule has 100 valence electrons. The Morgan fingerprint density at radius 3 is 3.05 bits per heavy atom. The summed E-state index contributed by atoms with van der Waals surface area (Å²) in [5, 5.41) is 3.90. The van der Waals surface area contributed by atoms with Gasteiger partial charge in [-0.15, -0.1) is 0 Å². The minimum atomic E-state index is -0.389. The van der Waals surface area contributed by atoms with Crippen LogP contribution in [-0.2, 0) is 11.2 Å². The highest BCUT2D eigenvalue weighted by Gasteiger charge is 2.20. The summed E-state index contributed by atoms with van der Waals surface area (Å²) in [6, 6.07) is 4.09. The van der Waals surface area contributed by atoms with Gasteiger partial charge in [0.25, 0.3) is 5.89 Å². The van der Waals surface area contributed by atoms with E-state index >= 15 is 0 Å². The van der Waals surface area contributed by atoms with E-state index in [1.54, 1.807) is 0 Å². The van der Waals surface area contributed by atoms with Gasteiger partial charge in [0.05, 0.1) is 11.7 Å². The molecule has 2 aromatic rings. The van der Waals surface area contributed by atoms with Gasteiger partial charge < -0.3 is 15.0 Å². The molecule has 1 saturated heterocycles. The second kappa shape index (κ2) is 4.97. The van der Waals surface area contributed by atoms with E-state index in [4.69, 9.17) is 15.0 Å². The number of anilines is 1. The fourth-order valence-electron chi connectivity index (χ4n) is 2.18. The summed E-state index contributed by atoms with van der Waals surface area (Å²) >= 11 is 0. The minimum Gasteiger partial charge on any atom is -0.398 e. The maximum Gasteiger partial charge on any atom is 0.260 e. The summed E-state index contributed by atoms with van der Waals surface area (Å²) in [5.74, 6) is 0.511. The van der Waals surface area contributed by atoms with Gasteiger partial charge in [0, 0.05) is 18.7 Å². The van der Waals surface area contributed by atoms with Gasteiger partial charge in [0.15, 0.2) is 5.82 Å². The Hall–Kier alpha value is -1.95. The van der Waals surface area contributed by atoms with Crippen molar-refractivity contribution in [1.82, 2.24) is 10.1 Å². The van der Waals surface area contributed by atoms with E-state index in [0.29, 0.717) is 23.7 Å². The van der Waals surface area contributed by atoms with Crippen LogP contribution in [0.15, 0.2) is 22.7 Å². The number of rotatable bonds is 3. The molecule has 0 bridgehead atoms. The molecule has 1 fully saturated rings. The number of halogens is 1. The van der Waals surface area contributed by atoms with Crippen LogP contribution in [0.25, 0.3) is 11.5 Å². The maximum atomic E-state index is 13.0. The van der Waals surface area contributed by atoms with Gasteiger partial charge in [-0.1, -0.05) is 5.16 Å². The van der Waals surface area contributed by atoms with Crippen LogP contribution in [-0.4, -0.2) is 22.9 Å². The predicted octanol–water partition coefficient (Wildman–Crippen LogP) is 2.18. The monoisotopic (exact) mass is 263 g/mol. The third kappa shape index (κ3) is 2.58. The highest BCUT2D eigenvalue weighted by molar-refractivity contribution is 5.70. The van der Waals surface area contributed by atoms with Crippen molar-refractivity contribution in [1.29, 1.82) is 0 Å². The zero-order valence-electron chi connectivity index (χ0n) is 10.3. The van der Waals surface area contributed by atoms with Gasteiger partial charge in [-0.2, -0.15) is 4.98 Å². The number of hydrogen-bond acceptors (Lipinski definition) is 5. The summed E-state index contributed by atoms with van der Waals surface area (Å²) in [7, 11) is 0. The lowest BCUT2D eigenvalue weighted by atomic mass is 10.1. The lowest BCUT2D eigenvalue weighted by molar-refractivity contribution is 0.109. The molecule has 3 rings (SSSR count). The van der Waals surface area contributed by atoms with Gasteiger partial charge in [-0.3, -0.25) is 0 Å². The van der Waals surface area contributed by atoms with E-state index < -0.39 is 0 Å². The van der Waals surface area contributed by atoms with E-state index in [1.165, 1.54) is 18.2 Å². The van der Waals surface area contributed by atoms with E-state index in [-0.39, 0.29) is 17.6 Å². The minimum absolute atomic E-state index is 0.163. The highest BCUT2D eigenvalue weighted by Crippen LogP contribution is 2.25. The Labute approximate surface area is 109 Å². The zero-order valence-corrected chi connectivity index (χ0v) is 10.3.